The molecule has 0 radical (unpaired) electrons. The second kappa shape index (κ2) is 7.97. The normalized spacial score (nSPS) is 25.7. The van der Waals surface area contributed by atoms with Gasteiger partial charge in [-0.3, -0.25) is 9.88 Å². The molecule has 0 saturated carbocycles. The van der Waals surface area contributed by atoms with E-state index >= 15 is 0 Å². The lowest BCUT2D eigenvalue weighted by Crippen LogP contribution is -2.41. The van der Waals surface area contributed by atoms with Crippen molar-refractivity contribution >= 4 is 5.82 Å². The molecule has 0 amide bonds. The largest absolute Gasteiger partial charge is 0.410 e. The number of halogens is 3. The Morgan fingerprint density at radius 3 is 2.79 bits per heavy atom. The number of hydrogen-bond donors (Lipinski definition) is 1. The number of hydrogen-bond acceptors (Lipinski definition) is 4. The topological polar surface area (TPSA) is 46.0 Å². The van der Waals surface area contributed by atoms with Gasteiger partial charge in [0, 0.05) is 31.0 Å². The van der Waals surface area contributed by atoms with E-state index in [0.717, 1.165) is 43.6 Å². The predicted octanol–water partition coefficient (Wildman–Crippen LogP) is 4.95. The third kappa shape index (κ3) is 4.27. The minimum Gasteiger partial charge on any atom is -0.367 e. The second-order valence-electron chi connectivity index (χ2n) is 8.53. The summed E-state index contributed by atoms with van der Waals surface area (Å²) in [6.45, 7) is 5.54. The van der Waals surface area contributed by atoms with Crippen molar-refractivity contribution < 1.29 is 13.2 Å². The summed E-state index contributed by atoms with van der Waals surface area (Å²) in [6, 6.07) is 4.01. The second-order valence-corrected chi connectivity index (χ2v) is 8.53. The Morgan fingerprint density at radius 2 is 2.10 bits per heavy atom. The molecule has 1 saturated heterocycles. The van der Waals surface area contributed by atoms with Crippen LogP contribution in [0.15, 0.2) is 30.6 Å². The van der Waals surface area contributed by atoms with Crippen LogP contribution in [0, 0.1) is 5.92 Å². The molecule has 0 bridgehead atoms. The molecular weight excluding hydrogens is 379 g/mol. The highest BCUT2D eigenvalue weighted by molar-refractivity contribution is 5.42. The Bertz CT molecular complexity index is 817. The van der Waals surface area contributed by atoms with Crippen LogP contribution in [0.4, 0.5) is 19.0 Å². The van der Waals surface area contributed by atoms with Crippen molar-refractivity contribution in [1.29, 1.82) is 0 Å². The first-order valence-electron chi connectivity index (χ1n) is 10.4. The summed E-state index contributed by atoms with van der Waals surface area (Å²) >= 11 is 0. The number of aromatic nitrogens is 3. The van der Waals surface area contributed by atoms with Crippen LogP contribution in [-0.2, 0) is 6.54 Å². The van der Waals surface area contributed by atoms with E-state index in [4.69, 9.17) is 0 Å². The molecule has 0 aromatic carbocycles. The number of rotatable bonds is 4. The lowest BCUT2D eigenvalue weighted by Gasteiger charge is -2.35. The van der Waals surface area contributed by atoms with Crippen molar-refractivity contribution in [3.63, 3.8) is 0 Å². The monoisotopic (exact) mass is 407 g/mol. The van der Waals surface area contributed by atoms with Crippen molar-refractivity contribution in [2.24, 2.45) is 5.92 Å². The van der Waals surface area contributed by atoms with Gasteiger partial charge in [-0.2, -0.15) is 18.3 Å². The Balaban J connectivity index is 1.63. The molecule has 5 nitrogen and oxygen atoms in total. The molecule has 1 fully saturated rings. The molecule has 0 unspecified atom stereocenters. The van der Waals surface area contributed by atoms with Gasteiger partial charge in [-0.25, -0.2) is 4.68 Å². The summed E-state index contributed by atoms with van der Waals surface area (Å²) in [4.78, 5) is 6.50. The maximum atomic E-state index is 13.8. The number of fused-ring (bicyclic) bond motifs is 1. The molecule has 2 aromatic rings. The molecule has 0 aliphatic carbocycles. The fourth-order valence-electron chi connectivity index (χ4n) is 4.46. The Labute approximate surface area is 169 Å². The van der Waals surface area contributed by atoms with Crippen LogP contribution in [0.1, 0.15) is 62.9 Å². The number of nitrogens with zero attached hydrogens (tertiary/aromatic N) is 4. The zero-order valence-corrected chi connectivity index (χ0v) is 16.9. The van der Waals surface area contributed by atoms with Crippen LogP contribution >= 0.6 is 0 Å². The first-order chi connectivity index (χ1) is 13.8. The minimum absolute atomic E-state index is 0.0132. The van der Waals surface area contributed by atoms with Crippen LogP contribution in [0.3, 0.4) is 0 Å². The molecule has 29 heavy (non-hydrogen) atoms. The SMILES string of the molecule is CC(C)[C@@H]1C[C@H](C(F)(F)F)n2nc([C@H]3CCCCN3Cc3cccnc3)cc2N1. The fourth-order valence-corrected chi connectivity index (χ4v) is 4.46. The van der Waals surface area contributed by atoms with Crippen LogP contribution in [0.2, 0.25) is 0 Å². The molecule has 0 spiro atoms. The number of piperidine rings is 1. The first-order valence-corrected chi connectivity index (χ1v) is 10.4. The third-order valence-electron chi connectivity index (χ3n) is 6.11. The zero-order valence-electron chi connectivity index (χ0n) is 16.9. The quantitative estimate of drug-likeness (QED) is 0.779. The van der Waals surface area contributed by atoms with Crippen LogP contribution in [0.25, 0.3) is 0 Å². The summed E-state index contributed by atoms with van der Waals surface area (Å²) in [5.74, 6) is 0.600. The number of alkyl halides is 3. The van der Waals surface area contributed by atoms with Gasteiger partial charge in [0.15, 0.2) is 6.04 Å². The van der Waals surface area contributed by atoms with Crippen molar-refractivity contribution in [2.75, 3.05) is 11.9 Å². The summed E-state index contributed by atoms with van der Waals surface area (Å²) in [5.41, 5.74) is 1.84. The van der Waals surface area contributed by atoms with Crippen molar-refractivity contribution in [2.45, 2.75) is 70.4 Å². The molecule has 4 heterocycles. The predicted molar refractivity (Wildman–Crippen MR) is 105 cm³/mol. The highest BCUT2D eigenvalue weighted by Crippen LogP contribution is 2.42. The van der Waals surface area contributed by atoms with Crippen molar-refractivity contribution in [1.82, 2.24) is 19.7 Å². The Hall–Kier alpha value is -2.09. The summed E-state index contributed by atoms with van der Waals surface area (Å²) in [7, 11) is 0. The van der Waals surface area contributed by atoms with E-state index in [9.17, 15) is 13.2 Å². The molecule has 1 N–H and O–H groups in total. The molecule has 8 heteroatoms. The van der Waals surface area contributed by atoms with Crippen molar-refractivity contribution in [3.05, 3.63) is 41.9 Å². The van der Waals surface area contributed by atoms with E-state index in [1.807, 2.05) is 38.2 Å². The molecule has 2 aromatic heterocycles. The van der Waals surface area contributed by atoms with Crippen molar-refractivity contribution in [3.8, 4) is 0 Å². The third-order valence-corrected chi connectivity index (χ3v) is 6.11. The van der Waals surface area contributed by atoms with Gasteiger partial charge in [-0.05, 0) is 43.4 Å². The standard InChI is InChI=1S/C21H28F3N5/c1-14(2)16-10-19(21(22,23)24)29-20(26-16)11-17(27-29)18-7-3-4-9-28(18)13-15-6-5-8-25-12-15/h5-6,8,11-12,14,16,18-19,26H,3-4,7,9-10,13H2,1-2H3/t16-,18+,19+/m0/s1. The maximum Gasteiger partial charge on any atom is 0.410 e. The highest BCUT2D eigenvalue weighted by Gasteiger charge is 2.47. The smallest absolute Gasteiger partial charge is 0.367 e. The van der Waals surface area contributed by atoms with E-state index in [2.05, 4.69) is 20.3 Å². The van der Waals surface area contributed by atoms with Gasteiger partial charge in [0.2, 0.25) is 0 Å². The first kappa shape index (κ1) is 20.2. The van der Waals surface area contributed by atoms with E-state index in [1.165, 1.54) is 4.68 Å². The Kier molecular flexibility index (Phi) is 5.55. The number of anilines is 1. The highest BCUT2D eigenvalue weighted by atomic mass is 19.4. The van der Waals surface area contributed by atoms with E-state index in [-0.39, 0.29) is 24.4 Å². The summed E-state index contributed by atoms with van der Waals surface area (Å²) in [5, 5.41) is 7.78. The van der Waals surface area contributed by atoms with Crippen LogP contribution in [-0.4, -0.2) is 38.4 Å². The van der Waals surface area contributed by atoms with E-state index in [0.29, 0.717) is 5.82 Å². The molecular formula is C21H28F3N5. The van der Waals surface area contributed by atoms with Crippen LogP contribution < -0.4 is 5.32 Å². The van der Waals surface area contributed by atoms with E-state index < -0.39 is 12.2 Å². The number of pyridine rings is 1. The van der Waals surface area contributed by atoms with E-state index in [1.54, 1.807) is 6.20 Å². The van der Waals surface area contributed by atoms with Gasteiger partial charge in [-0.15, -0.1) is 0 Å². The number of likely N-dealkylation sites (tertiary alicyclic amines) is 1. The maximum absolute atomic E-state index is 13.8. The minimum atomic E-state index is -4.31. The lowest BCUT2D eigenvalue weighted by atomic mass is 9.94. The summed E-state index contributed by atoms with van der Waals surface area (Å²) in [6.07, 6.45) is 2.34. The molecule has 3 atom stereocenters. The van der Waals surface area contributed by atoms with Gasteiger partial charge in [0.1, 0.15) is 5.82 Å². The van der Waals surface area contributed by atoms with Gasteiger partial charge >= 0.3 is 6.18 Å². The van der Waals surface area contributed by atoms with Gasteiger partial charge in [0.25, 0.3) is 0 Å². The molecule has 2 aliphatic rings. The molecule has 4 rings (SSSR count). The average molecular weight is 407 g/mol. The molecule has 2 aliphatic heterocycles. The van der Waals surface area contributed by atoms with Gasteiger partial charge in [0.05, 0.1) is 11.7 Å². The molecule has 158 valence electrons. The van der Waals surface area contributed by atoms with Gasteiger partial charge < -0.3 is 5.32 Å². The van der Waals surface area contributed by atoms with Crippen LogP contribution in [0.5, 0.6) is 0 Å². The lowest BCUT2D eigenvalue weighted by molar-refractivity contribution is -0.174. The van der Waals surface area contributed by atoms with Gasteiger partial charge in [-0.1, -0.05) is 26.3 Å². The Morgan fingerprint density at radius 1 is 1.28 bits per heavy atom. The summed E-state index contributed by atoms with van der Waals surface area (Å²) < 4.78 is 42.5. The number of nitrogens with one attached hydrogen (secondary N) is 1. The average Bonchev–Trinajstić information content (AvgIpc) is 3.11. The fraction of sp³-hybridized carbons (Fsp3) is 0.619. The zero-order chi connectivity index (χ0) is 20.6.